The first-order valence-corrected chi connectivity index (χ1v) is 22.2. The summed E-state index contributed by atoms with van der Waals surface area (Å²) in [5, 5.41) is 11.4. The van der Waals surface area contributed by atoms with Crippen LogP contribution in [0.4, 0.5) is 0 Å². The summed E-state index contributed by atoms with van der Waals surface area (Å²) in [6, 6.07) is 61.8. The van der Waals surface area contributed by atoms with Crippen LogP contribution in [-0.4, -0.2) is 15.0 Å². The van der Waals surface area contributed by atoms with E-state index in [0.29, 0.717) is 17.5 Å². The number of furan rings is 2. The maximum atomic E-state index is 6.58. The Bertz CT molecular complexity index is 4170. The van der Waals surface area contributed by atoms with Crippen molar-refractivity contribution < 1.29 is 8.83 Å². The maximum Gasteiger partial charge on any atom is 0.164 e. The van der Waals surface area contributed by atoms with E-state index < -0.39 is 0 Å². The third kappa shape index (κ3) is 4.97. The van der Waals surface area contributed by atoms with Crippen molar-refractivity contribution in [1.29, 1.82) is 0 Å². The molecule has 288 valence electrons. The van der Waals surface area contributed by atoms with Crippen LogP contribution < -0.4 is 0 Å². The largest absolute Gasteiger partial charge is 0.456 e. The normalized spacial score (nSPS) is 12.2. The number of hydrogen-bond donors (Lipinski definition) is 0. The minimum absolute atomic E-state index is 0.599. The fourth-order valence-electron chi connectivity index (χ4n) is 9.43. The molecule has 0 saturated heterocycles. The molecule has 62 heavy (non-hydrogen) atoms. The van der Waals surface area contributed by atoms with Crippen LogP contribution in [-0.2, 0) is 0 Å². The SMILES string of the molecule is c1ccc2cc(-c3nc(-c4ccc(-c5cc6c7ccccc7oc6c6c5sc5ccccc56)cc4)nc(-c4cc5oc6ccccc6c5c5sc6ccccc6c45)n3)ccc2c1. The molecule has 5 heterocycles. The van der Waals surface area contributed by atoms with Gasteiger partial charge in [0.1, 0.15) is 22.3 Å². The van der Waals surface area contributed by atoms with Gasteiger partial charge in [-0.05, 0) is 58.8 Å². The van der Waals surface area contributed by atoms with Crippen molar-refractivity contribution in [3.05, 3.63) is 176 Å². The zero-order valence-electron chi connectivity index (χ0n) is 32.7. The molecule has 9 aromatic carbocycles. The molecule has 0 amide bonds. The number of rotatable bonds is 4. The molecule has 0 aliphatic rings. The van der Waals surface area contributed by atoms with E-state index in [-0.39, 0.29) is 0 Å². The standard InChI is InChI=1S/C55H29N3O2S2/c1-2-12-33-27-34(26-21-30(33)11-1)54-56-53(57-55(58-54)41-29-44-48(36-14-4-8-18-43(36)59-44)52-47(41)37-15-5-9-19-45(37)62-52)32-24-22-31(23-25-32)39-28-40-35-13-3-7-17-42(35)60-50(40)49-38-16-6-10-20-46(38)61-51(39)49/h1-29H. The van der Waals surface area contributed by atoms with E-state index in [1.807, 2.05) is 29.5 Å². The van der Waals surface area contributed by atoms with Crippen molar-refractivity contribution in [3.8, 4) is 45.3 Å². The number of nitrogens with zero attached hydrogens (tertiary/aromatic N) is 3. The number of para-hydroxylation sites is 2. The van der Waals surface area contributed by atoms with Gasteiger partial charge in [-0.2, -0.15) is 0 Å². The van der Waals surface area contributed by atoms with Crippen molar-refractivity contribution in [2.45, 2.75) is 0 Å². The van der Waals surface area contributed by atoms with Gasteiger partial charge in [-0.15, -0.1) is 22.7 Å². The molecular weight excluding hydrogens is 799 g/mol. The molecule has 14 aromatic rings. The second kappa shape index (κ2) is 12.9. The molecule has 0 fully saturated rings. The Kier molecular flexibility index (Phi) is 7.08. The Morgan fingerprint density at radius 3 is 1.71 bits per heavy atom. The van der Waals surface area contributed by atoms with Crippen LogP contribution in [0.2, 0.25) is 0 Å². The zero-order chi connectivity index (χ0) is 40.5. The van der Waals surface area contributed by atoms with E-state index >= 15 is 0 Å². The summed E-state index contributed by atoms with van der Waals surface area (Å²) < 4.78 is 18.0. The highest BCUT2D eigenvalue weighted by Gasteiger charge is 2.23. The highest BCUT2D eigenvalue weighted by atomic mass is 32.1. The van der Waals surface area contributed by atoms with Gasteiger partial charge in [0.2, 0.25) is 0 Å². The van der Waals surface area contributed by atoms with Gasteiger partial charge in [-0.25, -0.2) is 15.0 Å². The lowest BCUT2D eigenvalue weighted by atomic mass is 9.98. The topological polar surface area (TPSA) is 65.0 Å². The van der Waals surface area contributed by atoms with Gasteiger partial charge >= 0.3 is 0 Å². The van der Waals surface area contributed by atoms with Crippen LogP contribution in [0, 0.1) is 0 Å². The van der Waals surface area contributed by atoms with Crippen LogP contribution in [0.25, 0.3) is 140 Å². The molecule has 7 heteroatoms. The third-order valence-electron chi connectivity index (χ3n) is 12.3. The van der Waals surface area contributed by atoms with Crippen molar-refractivity contribution in [1.82, 2.24) is 15.0 Å². The number of hydrogen-bond acceptors (Lipinski definition) is 7. The first kappa shape index (κ1) is 34.0. The summed E-state index contributed by atoms with van der Waals surface area (Å²) in [7, 11) is 0. The first-order chi connectivity index (χ1) is 30.7. The molecule has 5 nitrogen and oxygen atoms in total. The monoisotopic (exact) mass is 827 g/mol. The molecule has 0 N–H and O–H groups in total. The number of aromatic nitrogens is 3. The second-order valence-electron chi connectivity index (χ2n) is 15.8. The zero-order valence-corrected chi connectivity index (χ0v) is 34.4. The van der Waals surface area contributed by atoms with Gasteiger partial charge in [0.05, 0.1) is 0 Å². The average molecular weight is 828 g/mol. The van der Waals surface area contributed by atoms with Crippen LogP contribution in [0.15, 0.2) is 185 Å². The Balaban J connectivity index is 0.996. The van der Waals surface area contributed by atoms with E-state index in [2.05, 4.69) is 158 Å². The van der Waals surface area contributed by atoms with E-state index in [4.69, 9.17) is 23.8 Å². The Hall–Kier alpha value is -7.71. The summed E-state index contributed by atoms with van der Waals surface area (Å²) in [4.78, 5) is 15.9. The molecule has 5 aromatic heterocycles. The lowest BCUT2D eigenvalue weighted by Crippen LogP contribution is -2.00. The highest BCUT2D eigenvalue weighted by Crippen LogP contribution is 2.48. The predicted octanol–water partition coefficient (Wildman–Crippen LogP) is 16.2. The maximum absolute atomic E-state index is 6.58. The van der Waals surface area contributed by atoms with Gasteiger partial charge in [-0.1, -0.05) is 133 Å². The summed E-state index contributed by atoms with van der Waals surface area (Å²) in [6.07, 6.45) is 0. The first-order valence-electron chi connectivity index (χ1n) is 20.6. The molecule has 0 unspecified atom stereocenters. The lowest BCUT2D eigenvalue weighted by molar-refractivity contribution is 0.669. The number of benzene rings is 9. The van der Waals surface area contributed by atoms with Crippen molar-refractivity contribution >= 4 is 118 Å². The van der Waals surface area contributed by atoms with E-state index in [1.54, 1.807) is 11.3 Å². The fourth-order valence-corrected chi connectivity index (χ4v) is 11.9. The molecule has 0 atom stereocenters. The molecular formula is C55H29N3O2S2. The van der Waals surface area contributed by atoms with Gasteiger partial charge in [-0.3, -0.25) is 0 Å². The van der Waals surface area contributed by atoms with E-state index in [0.717, 1.165) is 92.4 Å². The molecule has 0 bridgehead atoms. The van der Waals surface area contributed by atoms with Gasteiger partial charge in [0.25, 0.3) is 0 Å². The molecule has 0 aliphatic heterocycles. The molecule has 14 rings (SSSR count). The molecule has 0 radical (unpaired) electrons. The van der Waals surface area contributed by atoms with Crippen molar-refractivity contribution in [3.63, 3.8) is 0 Å². The number of thiophene rings is 2. The molecule has 0 spiro atoms. The Morgan fingerprint density at radius 2 is 0.919 bits per heavy atom. The minimum Gasteiger partial charge on any atom is -0.456 e. The Morgan fingerprint density at radius 1 is 0.339 bits per heavy atom. The predicted molar refractivity (Wildman–Crippen MR) is 259 cm³/mol. The average Bonchev–Trinajstić information content (AvgIpc) is 4.11. The smallest absolute Gasteiger partial charge is 0.164 e. The highest BCUT2D eigenvalue weighted by molar-refractivity contribution is 7.27. The van der Waals surface area contributed by atoms with E-state index in [9.17, 15) is 0 Å². The quantitative estimate of drug-likeness (QED) is 0.177. The van der Waals surface area contributed by atoms with Crippen LogP contribution >= 0.6 is 22.7 Å². The van der Waals surface area contributed by atoms with Crippen LogP contribution in [0.1, 0.15) is 0 Å². The number of fused-ring (bicyclic) bond motifs is 15. The Labute approximate surface area is 360 Å². The minimum atomic E-state index is 0.599. The van der Waals surface area contributed by atoms with Gasteiger partial charge in [0, 0.05) is 84.1 Å². The summed E-state index contributed by atoms with van der Waals surface area (Å²) in [5.74, 6) is 1.81. The second-order valence-corrected chi connectivity index (χ2v) is 17.9. The molecule has 0 aliphatic carbocycles. The van der Waals surface area contributed by atoms with Crippen LogP contribution in [0.3, 0.4) is 0 Å². The van der Waals surface area contributed by atoms with Crippen LogP contribution in [0.5, 0.6) is 0 Å². The van der Waals surface area contributed by atoms with Gasteiger partial charge in [0.15, 0.2) is 17.5 Å². The molecule has 0 saturated carbocycles. The lowest BCUT2D eigenvalue weighted by Gasteiger charge is -2.11. The third-order valence-corrected chi connectivity index (χ3v) is 14.7. The van der Waals surface area contributed by atoms with Crippen molar-refractivity contribution in [2.75, 3.05) is 0 Å². The fraction of sp³-hybridized carbons (Fsp3) is 0. The summed E-state index contributed by atoms with van der Waals surface area (Å²) in [6.45, 7) is 0. The van der Waals surface area contributed by atoms with Crippen molar-refractivity contribution in [2.24, 2.45) is 0 Å². The summed E-state index contributed by atoms with van der Waals surface area (Å²) in [5.41, 5.74) is 8.53. The van der Waals surface area contributed by atoms with E-state index in [1.165, 1.54) is 30.4 Å². The summed E-state index contributed by atoms with van der Waals surface area (Å²) >= 11 is 3.60. The van der Waals surface area contributed by atoms with Gasteiger partial charge < -0.3 is 8.83 Å².